The van der Waals surface area contributed by atoms with Crippen molar-refractivity contribution in [3.8, 4) is 17.2 Å². The molecule has 0 unspecified atom stereocenters. The van der Waals surface area contributed by atoms with Crippen LogP contribution in [0.3, 0.4) is 0 Å². The molecule has 138 valence electrons. The lowest BCUT2D eigenvalue weighted by atomic mass is 10.2. The topological polar surface area (TPSA) is 69.5 Å². The number of anilines is 1. The van der Waals surface area contributed by atoms with Crippen molar-refractivity contribution in [1.29, 1.82) is 0 Å². The molecule has 0 radical (unpaired) electrons. The van der Waals surface area contributed by atoms with E-state index in [1.54, 1.807) is 16.7 Å². The summed E-state index contributed by atoms with van der Waals surface area (Å²) < 4.78 is 12.6. The summed E-state index contributed by atoms with van der Waals surface area (Å²) in [6.45, 7) is 3.00. The van der Waals surface area contributed by atoms with Gasteiger partial charge in [-0.05, 0) is 49.7 Å². The predicted octanol–water partition coefficient (Wildman–Crippen LogP) is 3.01. The third-order valence-corrected chi connectivity index (χ3v) is 4.60. The molecular weight excluding hydrogens is 344 g/mol. The summed E-state index contributed by atoms with van der Waals surface area (Å²) >= 11 is 0. The fourth-order valence-electron chi connectivity index (χ4n) is 3.16. The molecule has 0 spiro atoms. The number of hydrogen-bond donors (Lipinski definition) is 0. The largest absolute Gasteiger partial charge is 0.497 e. The molecule has 7 heteroatoms. The van der Waals surface area contributed by atoms with Crippen molar-refractivity contribution in [2.45, 2.75) is 13.3 Å². The summed E-state index contributed by atoms with van der Waals surface area (Å²) in [4.78, 5) is 14.9. The maximum Gasteiger partial charge on any atom is 0.280 e. The molecule has 2 aromatic carbocycles. The molecule has 0 aliphatic carbocycles. The van der Waals surface area contributed by atoms with Crippen LogP contribution in [0.4, 0.5) is 5.69 Å². The lowest BCUT2D eigenvalue weighted by molar-refractivity contribution is 0.0981. The van der Waals surface area contributed by atoms with Crippen LogP contribution in [0.5, 0.6) is 11.5 Å². The van der Waals surface area contributed by atoms with E-state index >= 15 is 0 Å². The Morgan fingerprint density at radius 2 is 1.93 bits per heavy atom. The smallest absolute Gasteiger partial charge is 0.280 e. The summed E-state index contributed by atoms with van der Waals surface area (Å²) in [7, 11) is 1.62. The molecule has 3 aromatic rings. The monoisotopic (exact) mass is 364 g/mol. The highest BCUT2D eigenvalue weighted by Crippen LogP contribution is 2.31. The molecule has 1 aliphatic rings. The Kier molecular flexibility index (Phi) is 4.50. The van der Waals surface area contributed by atoms with Crippen molar-refractivity contribution >= 4 is 11.6 Å². The van der Waals surface area contributed by atoms with Crippen LogP contribution >= 0.6 is 0 Å². The second-order valence-corrected chi connectivity index (χ2v) is 6.26. The minimum atomic E-state index is -0.176. The first-order valence-corrected chi connectivity index (χ1v) is 8.79. The van der Waals surface area contributed by atoms with E-state index in [1.165, 1.54) is 0 Å². The second kappa shape index (κ2) is 7.11. The van der Waals surface area contributed by atoms with Crippen LogP contribution < -0.4 is 14.4 Å². The highest BCUT2D eigenvalue weighted by Gasteiger charge is 2.27. The van der Waals surface area contributed by atoms with Gasteiger partial charge in [0.1, 0.15) is 11.5 Å². The van der Waals surface area contributed by atoms with Crippen LogP contribution in [0.1, 0.15) is 22.6 Å². The van der Waals surface area contributed by atoms with Crippen molar-refractivity contribution in [1.82, 2.24) is 15.0 Å². The molecule has 0 N–H and O–H groups in total. The average Bonchev–Trinajstić information content (AvgIpc) is 2.96. The number of hydrogen-bond acceptors (Lipinski definition) is 5. The lowest BCUT2D eigenvalue weighted by Gasteiger charge is -2.20. The Morgan fingerprint density at radius 3 is 2.70 bits per heavy atom. The maximum absolute atomic E-state index is 13.2. The van der Waals surface area contributed by atoms with Crippen LogP contribution in [0.25, 0.3) is 5.69 Å². The van der Waals surface area contributed by atoms with Crippen molar-refractivity contribution < 1.29 is 14.3 Å². The van der Waals surface area contributed by atoms with Crippen molar-refractivity contribution in [3.63, 3.8) is 0 Å². The first kappa shape index (κ1) is 17.1. The van der Waals surface area contributed by atoms with Crippen LogP contribution in [0.15, 0.2) is 48.5 Å². The van der Waals surface area contributed by atoms with Gasteiger partial charge < -0.3 is 14.4 Å². The van der Waals surface area contributed by atoms with E-state index in [9.17, 15) is 4.79 Å². The van der Waals surface area contributed by atoms with Gasteiger partial charge in [0.15, 0.2) is 5.69 Å². The second-order valence-electron chi connectivity index (χ2n) is 6.26. The highest BCUT2D eigenvalue weighted by atomic mass is 16.5. The first-order valence-electron chi connectivity index (χ1n) is 8.79. The Hall–Kier alpha value is -3.35. The number of methoxy groups -OCH3 is 1. The van der Waals surface area contributed by atoms with Gasteiger partial charge in [0, 0.05) is 6.54 Å². The fourth-order valence-corrected chi connectivity index (χ4v) is 3.16. The van der Waals surface area contributed by atoms with Gasteiger partial charge in [-0.15, -0.1) is 5.10 Å². The van der Waals surface area contributed by atoms with Gasteiger partial charge >= 0.3 is 0 Å². The van der Waals surface area contributed by atoms with Gasteiger partial charge in [-0.1, -0.05) is 17.3 Å². The van der Waals surface area contributed by atoms with E-state index in [2.05, 4.69) is 10.3 Å². The fraction of sp³-hybridized carbons (Fsp3) is 0.250. The Labute approximate surface area is 157 Å². The van der Waals surface area contributed by atoms with Crippen LogP contribution in [-0.4, -0.2) is 41.2 Å². The van der Waals surface area contributed by atoms with Crippen LogP contribution in [0.2, 0.25) is 0 Å². The number of amides is 1. The molecule has 27 heavy (non-hydrogen) atoms. The quantitative estimate of drug-likeness (QED) is 0.715. The molecule has 0 atom stereocenters. The van der Waals surface area contributed by atoms with Crippen molar-refractivity contribution in [3.05, 3.63) is 59.9 Å². The SMILES string of the molecule is COc1ccc(-n2nnc(C(=O)N3CCCOc4ccccc43)c2C)cc1. The molecule has 1 aromatic heterocycles. The summed E-state index contributed by atoms with van der Waals surface area (Å²) in [6, 6.07) is 15.0. The zero-order chi connectivity index (χ0) is 18.8. The van der Waals surface area contributed by atoms with Gasteiger partial charge in [-0.2, -0.15) is 0 Å². The molecule has 0 fully saturated rings. The van der Waals surface area contributed by atoms with E-state index in [0.29, 0.717) is 30.3 Å². The van der Waals surface area contributed by atoms with Crippen molar-refractivity contribution in [2.75, 3.05) is 25.2 Å². The molecule has 7 nitrogen and oxygen atoms in total. The van der Waals surface area contributed by atoms with Crippen LogP contribution in [-0.2, 0) is 0 Å². The Bertz CT molecular complexity index is 966. The first-order chi connectivity index (χ1) is 13.2. The standard InChI is InChI=1S/C20H20N4O3/c1-14-19(21-22-24(14)15-8-10-16(26-2)11-9-15)20(25)23-12-5-13-27-18-7-4-3-6-17(18)23/h3-4,6-11H,5,12-13H2,1-2H3. The summed E-state index contributed by atoms with van der Waals surface area (Å²) in [5, 5.41) is 8.35. The summed E-state index contributed by atoms with van der Waals surface area (Å²) in [5.74, 6) is 1.29. The zero-order valence-electron chi connectivity index (χ0n) is 15.3. The highest BCUT2D eigenvalue weighted by molar-refractivity contribution is 6.06. The Balaban J connectivity index is 1.68. The number of ether oxygens (including phenoxy) is 2. The molecule has 0 saturated carbocycles. The molecule has 0 saturated heterocycles. The van der Waals surface area contributed by atoms with Gasteiger partial charge in [-0.25, -0.2) is 4.68 Å². The summed E-state index contributed by atoms with van der Waals surface area (Å²) in [5.41, 5.74) is 2.60. The number of benzene rings is 2. The van der Waals surface area contributed by atoms with Crippen LogP contribution in [0, 0.1) is 6.92 Å². The van der Waals surface area contributed by atoms with Gasteiger partial charge in [0.05, 0.1) is 30.8 Å². The average molecular weight is 364 g/mol. The lowest BCUT2D eigenvalue weighted by Crippen LogP contribution is -2.32. The number of nitrogens with zero attached hydrogens (tertiary/aromatic N) is 4. The molecule has 2 heterocycles. The molecule has 0 bridgehead atoms. The Morgan fingerprint density at radius 1 is 1.15 bits per heavy atom. The number of para-hydroxylation sites is 2. The minimum Gasteiger partial charge on any atom is -0.497 e. The third kappa shape index (κ3) is 3.12. The number of rotatable bonds is 3. The predicted molar refractivity (Wildman–Crippen MR) is 101 cm³/mol. The van der Waals surface area contributed by atoms with Crippen molar-refractivity contribution in [2.24, 2.45) is 0 Å². The number of fused-ring (bicyclic) bond motifs is 1. The molecule has 1 amide bonds. The maximum atomic E-state index is 13.2. The van der Waals surface area contributed by atoms with E-state index in [4.69, 9.17) is 9.47 Å². The zero-order valence-corrected chi connectivity index (χ0v) is 15.3. The number of aromatic nitrogens is 3. The third-order valence-electron chi connectivity index (χ3n) is 4.60. The van der Waals surface area contributed by atoms with E-state index in [1.807, 2.05) is 55.5 Å². The molecule has 4 rings (SSSR count). The number of carbonyl (C=O) groups excluding carboxylic acids is 1. The normalized spacial score (nSPS) is 13.5. The van der Waals surface area contributed by atoms with E-state index in [0.717, 1.165) is 23.5 Å². The molecule has 1 aliphatic heterocycles. The van der Waals surface area contributed by atoms with Gasteiger partial charge in [0.2, 0.25) is 0 Å². The molecular formula is C20H20N4O3. The number of carbonyl (C=O) groups is 1. The minimum absolute atomic E-state index is 0.176. The van der Waals surface area contributed by atoms with Gasteiger partial charge in [0.25, 0.3) is 5.91 Å². The van der Waals surface area contributed by atoms with E-state index < -0.39 is 0 Å². The van der Waals surface area contributed by atoms with E-state index in [-0.39, 0.29) is 5.91 Å². The summed E-state index contributed by atoms with van der Waals surface area (Å²) in [6.07, 6.45) is 0.756. The van der Waals surface area contributed by atoms with Gasteiger partial charge in [-0.3, -0.25) is 4.79 Å².